The van der Waals surface area contributed by atoms with Crippen molar-refractivity contribution in [1.82, 2.24) is 20.0 Å². The van der Waals surface area contributed by atoms with Crippen molar-refractivity contribution in [3.63, 3.8) is 0 Å². The van der Waals surface area contributed by atoms with Crippen molar-refractivity contribution >= 4 is 11.8 Å². The zero-order chi connectivity index (χ0) is 18.3. The van der Waals surface area contributed by atoms with E-state index in [2.05, 4.69) is 10.4 Å². The lowest BCUT2D eigenvalue weighted by atomic mass is 9.93. The van der Waals surface area contributed by atoms with Gasteiger partial charge in [0.15, 0.2) is 0 Å². The van der Waals surface area contributed by atoms with Gasteiger partial charge in [0.05, 0.1) is 5.69 Å². The van der Waals surface area contributed by atoms with Crippen molar-refractivity contribution in [1.29, 1.82) is 0 Å². The molecule has 1 aromatic rings. The third kappa shape index (κ3) is 2.83. The number of nitrogens with zero attached hydrogens (tertiary/aromatic N) is 3. The van der Waals surface area contributed by atoms with E-state index in [1.54, 1.807) is 4.68 Å². The molecule has 1 atom stereocenters. The van der Waals surface area contributed by atoms with E-state index in [9.17, 15) is 9.59 Å². The third-order valence-corrected chi connectivity index (χ3v) is 6.59. The highest BCUT2D eigenvalue weighted by atomic mass is 16.2. The van der Waals surface area contributed by atoms with Gasteiger partial charge in [-0.3, -0.25) is 14.3 Å². The van der Waals surface area contributed by atoms with Crippen molar-refractivity contribution in [2.45, 2.75) is 82.7 Å². The summed E-state index contributed by atoms with van der Waals surface area (Å²) in [4.78, 5) is 28.3. The lowest BCUT2D eigenvalue weighted by Crippen LogP contribution is -2.57. The fourth-order valence-electron chi connectivity index (χ4n) is 5.01. The highest BCUT2D eigenvalue weighted by molar-refractivity contribution is 5.99. The minimum atomic E-state index is -0.745. The number of amides is 2. The van der Waals surface area contributed by atoms with Gasteiger partial charge in [-0.2, -0.15) is 5.10 Å². The number of nitrogens with one attached hydrogen (secondary N) is 1. The molecule has 0 aromatic carbocycles. The van der Waals surface area contributed by atoms with Crippen LogP contribution in [0.3, 0.4) is 0 Å². The molecule has 26 heavy (non-hydrogen) atoms. The molecule has 1 unspecified atom stereocenters. The highest BCUT2D eigenvalue weighted by Crippen LogP contribution is 2.33. The fraction of sp³-hybridized carbons (Fsp3) is 0.750. The molecule has 0 bridgehead atoms. The molecule has 3 aliphatic rings. The summed E-state index contributed by atoms with van der Waals surface area (Å²) in [5.41, 5.74) is 2.12. The fourth-order valence-corrected chi connectivity index (χ4v) is 5.01. The Bertz CT molecular complexity index is 720. The molecule has 1 N–H and O–H groups in total. The third-order valence-electron chi connectivity index (χ3n) is 6.59. The molecule has 2 heterocycles. The van der Waals surface area contributed by atoms with Crippen LogP contribution in [0.2, 0.25) is 0 Å². The molecule has 2 amide bonds. The van der Waals surface area contributed by atoms with Crippen LogP contribution >= 0.6 is 0 Å². The van der Waals surface area contributed by atoms with Crippen LogP contribution in [0.1, 0.15) is 80.0 Å². The Kier molecular flexibility index (Phi) is 4.53. The zero-order valence-electron chi connectivity index (χ0n) is 16.0. The summed E-state index contributed by atoms with van der Waals surface area (Å²) in [6.07, 6.45) is 10.2. The minimum Gasteiger partial charge on any atom is -0.351 e. The topological polar surface area (TPSA) is 67.2 Å². The number of likely N-dealkylation sites (tertiary alicyclic amines) is 1. The standard InChI is InChI=1S/C20H30N4O2/c1-20(19(26)21-14-8-3-4-9-14)12-7-13-24(20)18(25)17-15-10-5-6-11-16(15)22-23(17)2/h14H,3-13H2,1-2H3,(H,21,26). The van der Waals surface area contributed by atoms with Crippen molar-refractivity contribution < 1.29 is 9.59 Å². The maximum atomic E-state index is 13.4. The van der Waals surface area contributed by atoms with E-state index >= 15 is 0 Å². The van der Waals surface area contributed by atoms with Crippen LogP contribution in [0.5, 0.6) is 0 Å². The van der Waals surface area contributed by atoms with Gasteiger partial charge in [0.1, 0.15) is 11.2 Å². The first-order valence-corrected chi connectivity index (χ1v) is 10.2. The van der Waals surface area contributed by atoms with Crippen LogP contribution < -0.4 is 5.32 Å². The van der Waals surface area contributed by atoms with Gasteiger partial charge in [0, 0.05) is 25.2 Å². The second kappa shape index (κ2) is 6.71. The van der Waals surface area contributed by atoms with Gasteiger partial charge in [-0.25, -0.2) is 0 Å². The number of fused-ring (bicyclic) bond motifs is 1. The Labute approximate surface area is 155 Å². The molecule has 1 saturated heterocycles. The van der Waals surface area contributed by atoms with Crippen LogP contribution in [0, 0.1) is 0 Å². The first-order chi connectivity index (χ1) is 12.5. The van der Waals surface area contributed by atoms with E-state index < -0.39 is 5.54 Å². The molecule has 2 aliphatic carbocycles. The lowest BCUT2D eigenvalue weighted by molar-refractivity contribution is -0.130. The van der Waals surface area contributed by atoms with Gasteiger partial charge < -0.3 is 10.2 Å². The molecule has 0 spiro atoms. The Morgan fingerprint density at radius 3 is 2.62 bits per heavy atom. The molecular formula is C20H30N4O2. The number of hydrogen-bond donors (Lipinski definition) is 1. The monoisotopic (exact) mass is 358 g/mol. The smallest absolute Gasteiger partial charge is 0.273 e. The van der Waals surface area contributed by atoms with Crippen molar-refractivity contribution in [3.05, 3.63) is 17.0 Å². The average Bonchev–Trinajstić information content (AvgIpc) is 3.33. The van der Waals surface area contributed by atoms with Crippen LogP contribution in [-0.2, 0) is 24.7 Å². The molecule has 0 radical (unpaired) electrons. The van der Waals surface area contributed by atoms with E-state index in [0.29, 0.717) is 12.2 Å². The van der Waals surface area contributed by atoms with Crippen molar-refractivity contribution in [2.75, 3.05) is 6.54 Å². The maximum absolute atomic E-state index is 13.4. The summed E-state index contributed by atoms with van der Waals surface area (Å²) < 4.78 is 1.74. The van der Waals surface area contributed by atoms with Crippen molar-refractivity contribution in [2.24, 2.45) is 7.05 Å². The quantitative estimate of drug-likeness (QED) is 0.902. The Morgan fingerprint density at radius 1 is 1.12 bits per heavy atom. The van der Waals surface area contributed by atoms with Gasteiger partial charge in [0.2, 0.25) is 5.91 Å². The number of carbonyl (C=O) groups excluding carboxylic acids is 2. The summed E-state index contributed by atoms with van der Waals surface area (Å²) in [6.45, 7) is 2.58. The average molecular weight is 358 g/mol. The molecule has 6 nitrogen and oxygen atoms in total. The molecule has 142 valence electrons. The second-order valence-electron chi connectivity index (χ2n) is 8.39. The lowest BCUT2D eigenvalue weighted by Gasteiger charge is -2.35. The predicted molar refractivity (Wildman–Crippen MR) is 98.9 cm³/mol. The normalized spacial score (nSPS) is 26.2. The molecular weight excluding hydrogens is 328 g/mol. The van der Waals surface area contributed by atoms with E-state index in [1.165, 1.54) is 12.8 Å². The van der Waals surface area contributed by atoms with Gasteiger partial charge in [-0.05, 0) is 58.3 Å². The maximum Gasteiger partial charge on any atom is 0.273 e. The van der Waals surface area contributed by atoms with E-state index in [4.69, 9.17) is 0 Å². The molecule has 1 aliphatic heterocycles. The number of carbonyl (C=O) groups is 2. The first-order valence-electron chi connectivity index (χ1n) is 10.2. The number of aryl methyl sites for hydroxylation is 2. The van der Waals surface area contributed by atoms with Gasteiger partial charge in [-0.1, -0.05) is 12.8 Å². The Morgan fingerprint density at radius 2 is 1.85 bits per heavy atom. The van der Waals surface area contributed by atoms with E-state index in [0.717, 1.165) is 62.6 Å². The number of rotatable bonds is 3. The summed E-state index contributed by atoms with van der Waals surface area (Å²) in [6, 6.07) is 0.279. The molecule has 2 fully saturated rings. The SMILES string of the molecule is Cn1nc2c(c1C(=O)N1CCCC1(C)C(=O)NC1CCCC1)CCCC2. The molecule has 4 rings (SSSR count). The van der Waals surface area contributed by atoms with Gasteiger partial charge >= 0.3 is 0 Å². The largest absolute Gasteiger partial charge is 0.351 e. The van der Waals surface area contributed by atoms with Crippen LogP contribution in [-0.4, -0.2) is 44.6 Å². The predicted octanol–water partition coefficient (Wildman–Crippen LogP) is 2.35. The highest BCUT2D eigenvalue weighted by Gasteiger charge is 2.47. The number of aromatic nitrogens is 2. The Balaban J connectivity index is 1.59. The molecule has 6 heteroatoms. The Hall–Kier alpha value is -1.85. The second-order valence-corrected chi connectivity index (χ2v) is 8.39. The minimum absolute atomic E-state index is 0.0197. The van der Waals surface area contributed by atoms with E-state index in [-0.39, 0.29) is 17.9 Å². The van der Waals surface area contributed by atoms with Gasteiger partial charge in [0.25, 0.3) is 5.91 Å². The summed E-state index contributed by atoms with van der Waals surface area (Å²) >= 11 is 0. The summed E-state index contributed by atoms with van der Waals surface area (Å²) in [7, 11) is 1.86. The zero-order valence-corrected chi connectivity index (χ0v) is 16.0. The van der Waals surface area contributed by atoms with E-state index in [1.807, 2.05) is 18.9 Å². The van der Waals surface area contributed by atoms with Crippen molar-refractivity contribution in [3.8, 4) is 0 Å². The van der Waals surface area contributed by atoms with Gasteiger partial charge in [-0.15, -0.1) is 0 Å². The summed E-state index contributed by atoms with van der Waals surface area (Å²) in [5.74, 6) is -0.00370. The molecule has 1 aromatic heterocycles. The summed E-state index contributed by atoms with van der Waals surface area (Å²) in [5, 5.41) is 7.80. The molecule has 1 saturated carbocycles. The van der Waals surface area contributed by atoms with Crippen LogP contribution in [0.4, 0.5) is 0 Å². The van der Waals surface area contributed by atoms with Crippen LogP contribution in [0.25, 0.3) is 0 Å². The number of hydrogen-bond acceptors (Lipinski definition) is 3. The first kappa shape index (κ1) is 17.6. The van der Waals surface area contributed by atoms with Crippen LogP contribution in [0.15, 0.2) is 0 Å².